The van der Waals surface area contributed by atoms with E-state index in [-0.39, 0.29) is 11.4 Å². The van der Waals surface area contributed by atoms with E-state index in [0.717, 1.165) is 10.6 Å². The van der Waals surface area contributed by atoms with Crippen LogP contribution in [0, 0.1) is 10.1 Å². The number of rotatable bonds is 8. The minimum Gasteiger partial charge on any atom is -0.495 e. The maximum absolute atomic E-state index is 12.1. The van der Waals surface area contributed by atoms with Gasteiger partial charge in [0, 0.05) is 12.1 Å². The third-order valence-corrected chi connectivity index (χ3v) is 4.67. The number of ether oxygens (including phenoxy) is 1. The van der Waals surface area contributed by atoms with E-state index in [2.05, 4.69) is 10.5 Å². The summed E-state index contributed by atoms with van der Waals surface area (Å²) in [5.41, 5.74) is 2.91. The van der Waals surface area contributed by atoms with E-state index >= 15 is 0 Å². The van der Waals surface area contributed by atoms with Gasteiger partial charge in [-0.2, -0.15) is 5.10 Å². The van der Waals surface area contributed by atoms with Crippen LogP contribution >= 0.6 is 0 Å². The van der Waals surface area contributed by atoms with Crippen LogP contribution < -0.4 is 14.5 Å². The fourth-order valence-electron chi connectivity index (χ4n) is 2.24. The van der Waals surface area contributed by atoms with Crippen molar-refractivity contribution in [2.75, 3.05) is 24.2 Å². The Balaban J connectivity index is 2.09. The van der Waals surface area contributed by atoms with E-state index in [9.17, 15) is 23.3 Å². The molecule has 0 aliphatic carbocycles. The van der Waals surface area contributed by atoms with Gasteiger partial charge in [-0.15, -0.1) is 0 Å². The van der Waals surface area contributed by atoms with Gasteiger partial charge in [0.15, 0.2) is 0 Å². The number of carbonyl (C=O) groups excluding carboxylic acids is 1. The van der Waals surface area contributed by atoms with Crippen molar-refractivity contribution in [3.8, 4) is 5.75 Å². The molecule has 2 aromatic rings. The first-order chi connectivity index (χ1) is 13.2. The van der Waals surface area contributed by atoms with Crippen LogP contribution in [0.4, 0.5) is 11.4 Å². The molecule has 11 heteroatoms. The topological polar surface area (TPSA) is 131 Å². The Morgan fingerprint density at radius 2 is 1.89 bits per heavy atom. The number of para-hydroxylation sites is 2. The van der Waals surface area contributed by atoms with E-state index < -0.39 is 27.4 Å². The van der Waals surface area contributed by atoms with E-state index in [1.807, 2.05) is 0 Å². The smallest absolute Gasteiger partial charge is 0.269 e. The van der Waals surface area contributed by atoms with Gasteiger partial charge in [-0.3, -0.25) is 19.2 Å². The van der Waals surface area contributed by atoms with Crippen molar-refractivity contribution in [1.82, 2.24) is 5.43 Å². The minimum atomic E-state index is -3.76. The summed E-state index contributed by atoms with van der Waals surface area (Å²) in [4.78, 5) is 22.2. The predicted molar refractivity (Wildman–Crippen MR) is 104 cm³/mol. The molecule has 0 aromatic heterocycles. The fourth-order valence-corrected chi connectivity index (χ4v) is 3.10. The SMILES string of the molecule is COc1ccccc1N(CC(=O)N/N=C\c1ccc([N+](=O)[O-])cc1)S(C)(=O)=O. The molecule has 2 rings (SSSR count). The number of carbonyl (C=O) groups is 1. The van der Waals surface area contributed by atoms with Gasteiger partial charge >= 0.3 is 0 Å². The molecule has 0 aliphatic rings. The van der Waals surface area contributed by atoms with E-state index in [4.69, 9.17) is 4.74 Å². The highest BCUT2D eigenvalue weighted by Crippen LogP contribution is 2.29. The number of amides is 1. The predicted octanol–water partition coefficient (Wildman–Crippen LogP) is 1.52. The first kappa shape index (κ1) is 20.8. The number of sulfonamides is 1. The minimum absolute atomic E-state index is 0.0678. The molecule has 148 valence electrons. The normalized spacial score (nSPS) is 11.2. The van der Waals surface area contributed by atoms with Gasteiger partial charge in [-0.1, -0.05) is 12.1 Å². The Hall–Kier alpha value is -3.47. The number of anilines is 1. The summed E-state index contributed by atoms with van der Waals surface area (Å²) < 4.78 is 30.3. The molecule has 0 aliphatic heterocycles. The highest BCUT2D eigenvalue weighted by Gasteiger charge is 2.23. The van der Waals surface area contributed by atoms with Gasteiger partial charge in [0.25, 0.3) is 11.6 Å². The average molecular weight is 406 g/mol. The number of methoxy groups -OCH3 is 1. The van der Waals surface area contributed by atoms with Gasteiger partial charge in [0.05, 0.1) is 30.2 Å². The maximum Gasteiger partial charge on any atom is 0.269 e. The molecule has 0 radical (unpaired) electrons. The summed E-state index contributed by atoms with van der Waals surface area (Å²) >= 11 is 0. The van der Waals surface area contributed by atoms with Crippen molar-refractivity contribution in [2.24, 2.45) is 5.10 Å². The Labute approximate surface area is 161 Å². The first-order valence-corrected chi connectivity index (χ1v) is 9.74. The number of hydrogen-bond acceptors (Lipinski definition) is 7. The van der Waals surface area contributed by atoms with Crippen molar-refractivity contribution < 1.29 is 22.9 Å². The molecule has 0 atom stereocenters. The van der Waals surface area contributed by atoms with Crippen LogP contribution in [0.25, 0.3) is 0 Å². The molecule has 10 nitrogen and oxygen atoms in total. The van der Waals surface area contributed by atoms with Gasteiger partial charge in [0.2, 0.25) is 10.0 Å². The number of nitro groups is 1. The van der Waals surface area contributed by atoms with Gasteiger partial charge < -0.3 is 4.74 Å². The quantitative estimate of drug-likeness (QED) is 0.402. The Bertz CT molecular complexity index is 989. The fraction of sp³-hybridized carbons (Fsp3) is 0.176. The standard InChI is InChI=1S/C17H18N4O6S/c1-27-16-6-4-3-5-15(16)20(28(2,25)26)12-17(22)19-18-11-13-7-9-14(10-8-13)21(23)24/h3-11H,12H2,1-2H3,(H,19,22)/b18-11-. The lowest BCUT2D eigenvalue weighted by molar-refractivity contribution is -0.384. The summed E-state index contributed by atoms with van der Waals surface area (Å²) in [6.07, 6.45) is 2.27. The Morgan fingerprint density at radius 1 is 1.25 bits per heavy atom. The zero-order valence-corrected chi connectivity index (χ0v) is 15.9. The van der Waals surface area contributed by atoms with Gasteiger partial charge in [-0.05, 0) is 29.8 Å². The molecule has 0 fully saturated rings. The number of nitrogens with zero attached hydrogens (tertiary/aromatic N) is 3. The number of hydrogen-bond donors (Lipinski definition) is 1. The van der Waals surface area contributed by atoms with E-state index in [1.165, 1.54) is 43.7 Å². The highest BCUT2D eigenvalue weighted by molar-refractivity contribution is 7.92. The molecule has 0 unspecified atom stereocenters. The second kappa shape index (κ2) is 8.95. The van der Waals surface area contributed by atoms with Crippen LogP contribution in [0.5, 0.6) is 5.75 Å². The van der Waals surface area contributed by atoms with Crippen LogP contribution in [-0.2, 0) is 14.8 Å². The summed E-state index contributed by atoms with van der Waals surface area (Å²) in [6.45, 7) is -0.503. The van der Waals surface area contributed by atoms with E-state index in [0.29, 0.717) is 11.3 Å². The van der Waals surface area contributed by atoms with Crippen LogP contribution in [-0.4, -0.2) is 45.4 Å². The highest BCUT2D eigenvalue weighted by atomic mass is 32.2. The monoisotopic (exact) mass is 406 g/mol. The summed E-state index contributed by atoms with van der Waals surface area (Å²) in [7, 11) is -2.36. The lowest BCUT2D eigenvalue weighted by Gasteiger charge is -2.23. The molecular weight excluding hydrogens is 388 g/mol. The molecule has 0 bridgehead atoms. The molecule has 0 saturated heterocycles. The lowest BCUT2D eigenvalue weighted by Crippen LogP contribution is -2.39. The van der Waals surface area contributed by atoms with Crippen LogP contribution in [0.1, 0.15) is 5.56 Å². The number of hydrazone groups is 1. The average Bonchev–Trinajstić information content (AvgIpc) is 2.65. The zero-order valence-electron chi connectivity index (χ0n) is 15.1. The Morgan fingerprint density at radius 3 is 2.46 bits per heavy atom. The van der Waals surface area contributed by atoms with Crippen molar-refractivity contribution >= 4 is 33.5 Å². The molecular formula is C17H18N4O6S. The number of non-ortho nitro benzene ring substituents is 1. The molecule has 28 heavy (non-hydrogen) atoms. The van der Waals surface area contributed by atoms with Crippen molar-refractivity contribution in [1.29, 1.82) is 0 Å². The third-order valence-electron chi connectivity index (χ3n) is 3.55. The summed E-state index contributed by atoms with van der Waals surface area (Å²) in [5.74, 6) is -0.371. The lowest BCUT2D eigenvalue weighted by atomic mass is 10.2. The van der Waals surface area contributed by atoms with Gasteiger partial charge in [0.1, 0.15) is 12.3 Å². The van der Waals surface area contributed by atoms with Crippen LogP contribution in [0.2, 0.25) is 0 Å². The zero-order chi connectivity index (χ0) is 20.7. The third kappa shape index (κ3) is 5.51. The van der Waals surface area contributed by atoms with Crippen molar-refractivity contribution in [2.45, 2.75) is 0 Å². The molecule has 0 saturated carbocycles. The molecule has 1 amide bonds. The summed E-state index contributed by atoms with van der Waals surface area (Å²) in [6, 6.07) is 11.9. The maximum atomic E-state index is 12.1. The molecule has 2 aromatic carbocycles. The number of nitrogens with one attached hydrogen (secondary N) is 1. The van der Waals surface area contributed by atoms with Crippen molar-refractivity contribution in [3.05, 3.63) is 64.2 Å². The molecule has 0 heterocycles. The molecule has 0 spiro atoms. The largest absolute Gasteiger partial charge is 0.495 e. The van der Waals surface area contributed by atoms with E-state index in [1.54, 1.807) is 18.2 Å². The second-order valence-corrected chi connectivity index (χ2v) is 7.49. The second-order valence-electron chi connectivity index (χ2n) is 5.58. The van der Waals surface area contributed by atoms with Crippen LogP contribution in [0.3, 0.4) is 0 Å². The van der Waals surface area contributed by atoms with Crippen molar-refractivity contribution in [3.63, 3.8) is 0 Å². The number of benzene rings is 2. The first-order valence-electron chi connectivity index (χ1n) is 7.89. The number of nitro benzene ring substituents is 1. The Kier molecular flexibility index (Phi) is 6.66. The summed E-state index contributed by atoms with van der Waals surface area (Å²) in [5, 5.41) is 14.4. The van der Waals surface area contributed by atoms with Gasteiger partial charge in [-0.25, -0.2) is 13.8 Å². The van der Waals surface area contributed by atoms with Crippen LogP contribution in [0.15, 0.2) is 53.6 Å². The molecule has 1 N–H and O–H groups in total.